The van der Waals surface area contributed by atoms with E-state index in [0.717, 1.165) is 16.0 Å². The lowest BCUT2D eigenvalue weighted by Gasteiger charge is -2.05. The Hall–Kier alpha value is -1.78. The zero-order valence-corrected chi connectivity index (χ0v) is 11.9. The van der Waals surface area contributed by atoms with Gasteiger partial charge in [0.1, 0.15) is 0 Å². The van der Waals surface area contributed by atoms with Crippen LogP contribution in [0.4, 0.5) is 0 Å². The van der Waals surface area contributed by atoms with Gasteiger partial charge in [-0.25, -0.2) is 0 Å². The normalized spacial score (nSPS) is 10.2. The maximum absolute atomic E-state index is 11.7. The highest BCUT2D eigenvalue weighted by atomic mass is 32.2. The van der Waals surface area contributed by atoms with E-state index < -0.39 is 0 Å². The molecule has 2 N–H and O–H groups in total. The topological polar surface area (TPSA) is 49.3 Å². The van der Waals surface area contributed by atoms with Crippen molar-refractivity contribution < 1.29 is 9.90 Å². The molecule has 104 valence electrons. The number of amides is 1. The van der Waals surface area contributed by atoms with Gasteiger partial charge < -0.3 is 10.4 Å². The van der Waals surface area contributed by atoms with Gasteiger partial charge in [0.05, 0.1) is 12.4 Å². The van der Waals surface area contributed by atoms with E-state index in [0.29, 0.717) is 12.3 Å². The fraction of sp³-hybridized carbons (Fsp3) is 0.188. The van der Waals surface area contributed by atoms with Crippen molar-refractivity contribution in [2.45, 2.75) is 18.0 Å². The fourth-order valence-electron chi connectivity index (χ4n) is 1.69. The SMILES string of the molecule is O=C(CSc1ccc(CO)cc1)NCc1ccccc1. The molecular weight excluding hydrogens is 270 g/mol. The molecule has 0 saturated heterocycles. The second-order valence-electron chi connectivity index (χ2n) is 4.35. The van der Waals surface area contributed by atoms with E-state index >= 15 is 0 Å². The number of aliphatic hydroxyl groups is 1. The van der Waals surface area contributed by atoms with Gasteiger partial charge in [0, 0.05) is 11.4 Å². The molecule has 4 heteroatoms. The van der Waals surface area contributed by atoms with Gasteiger partial charge in [-0.15, -0.1) is 11.8 Å². The standard InChI is InChI=1S/C16H17NO2S/c18-11-14-6-8-15(9-7-14)20-12-16(19)17-10-13-4-2-1-3-5-13/h1-9,18H,10-12H2,(H,17,19). The molecule has 0 radical (unpaired) electrons. The molecule has 0 aliphatic carbocycles. The van der Waals surface area contributed by atoms with Crippen molar-refractivity contribution in [2.75, 3.05) is 5.75 Å². The van der Waals surface area contributed by atoms with Crippen molar-refractivity contribution in [1.82, 2.24) is 5.32 Å². The summed E-state index contributed by atoms with van der Waals surface area (Å²) in [6, 6.07) is 17.4. The highest BCUT2D eigenvalue weighted by molar-refractivity contribution is 8.00. The smallest absolute Gasteiger partial charge is 0.230 e. The van der Waals surface area contributed by atoms with Crippen LogP contribution in [0, 0.1) is 0 Å². The first-order valence-electron chi connectivity index (χ1n) is 6.41. The average molecular weight is 287 g/mol. The monoisotopic (exact) mass is 287 g/mol. The van der Waals surface area contributed by atoms with Gasteiger partial charge in [-0.2, -0.15) is 0 Å². The number of carbonyl (C=O) groups excluding carboxylic acids is 1. The molecule has 0 aliphatic heterocycles. The van der Waals surface area contributed by atoms with E-state index in [9.17, 15) is 4.79 Å². The molecule has 0 aliphatic rings. The van der Waals surface area contributed by atoms with E-state index in [1.54, 1.807) is 0 Å². The van der Waals surface area contributed by atoms with Crippen LogP contribution in [0.3, 0.4) is 0 Å². The lowest BCUT2D eigenvalue weighted by atomic mass is 10.2. The Kier molecular flexibility index (Phi) is 5.65. The molecule has 0 spiro atoms. The quantitative estimate of drug-likeness (QED) is 0.803. The summed E-state index contributed by atoms with van der Waals surface area (Å²) in [7, 11) is 0. The number of hydrogen-bond acceptors (Lipinski definition) is 3. The highest BCUT2D eigenvalue weighted by Gasteiger charge is 2.03. The van der Waals surface area contributed by atoms with Gasteiger partial charge in [0.15, 0.2) is 0 Å². The molecule has 3 nitrogen and oxygen atoms in total. The minimum atomic E-state index is 0.0186. The third-order valence-corrected chi connectivity index (χ3v) is 3.82. The first-order chi connectivity index (χ1) is 9.78. The van der Waals surface area contributed by atoms with E-state index in [-0.39, 0.29) is 12.5 Å². The minimum absolute atomic E-state index is 0.0186. The molecule has 0 unspecified atom stereocenters. The Morgan fingerprint density at radius 1 is 1.00 bits per heavy atom. The third kappa shape index (κ3) is 4.72. The van der Waals surface area contributed by atoms with Crippen molar-refractivity contribution in [3.8, 4) is 0 Å². The second-order valence-corrected chi connectivity index (χ2v) is 5.40. The van der Waals surface area contributed by atoms with Gasteiger partial charge in [-0.3, -0.25) is 4.79 Å². The summed E-state index contributed by atoms with van der Waals surface area (Å²) in [6.45, 7) is 0.603. The summed E-state index contributed by atoms with van der Waals surface area (Å²) < 4.78 is 0. The largest absolute Gasteiger partial charge is 0.392 e. The van der Waals surface area contributed by atoms with Crippen LogP contribution >= 0.6 is 11.8 Å². The van der Waals surface area contributed by atoms with Crippen molar-refractivity contribution in [1.29, 1.82) is 0 Å². The summed E-state index contributed by atoms with van der Waals surface area (Å²) in [6.07, 6.45) is 0. The number of aliphatic hydroxyl groups excluding tert-OH is 1. The van der Waals surface area contributed by atoms with Crippen molar-refractivity contribution in [3.05, 3.63) is 65.7 Å². The lowest BCUT2D eigenvalue weighted by Crippen LogP contribution is -2.24. The molecule has 1 amide bonds. The number of benzene rings is 2. The summed E-state index contributed by atoms with van der Waals surface area (Å²) in [4.78, 5) is 12.8. The molecule has 2 aromatic rings. The summed E-state index contributed by atoms with van der Waals surface area (Å²) in [5.74, 6) is 0.413. The summed E-state index contributed by atoms with van der Waals surface area (Å²) in [5.41, 5.74) is 1.97. The number of thioether (sulfide) groups is 1. The van der Waals surface area contributed by atoms with Crippen molar-refractivity contribution in [3.63, 3.8) is 0 Å². The van der Waals surface area contributed by atoms with Gasteiger partial charge in [-0.1, -0.05) is 42.5 Å². The molecule has 0 atom stereocenters. The van der Waals surface area contributed by atoms with Crippen LogP contribution in [0.2, 0.25) is 0 Å². The number of hydrogen-bond donors (Lipinski definition) is 2. The maximum atomic E-state index is 11.7. The molecule has 20 heavy (non-hydrogen) atoms. The van der Waals surface area contributed by atoms with E-state index in [1.807, 2.05) is 54.6 Å². The Labute approximate surface area is 123 Å². The van der Waals surface area contributed by atoms with Gasteiger partial charge in [0.2, 0.25) is 5.91 Å². The zero-order chi connectivity index (χ0) is 14.2. The van der Waals surface area contributed by atoms with Crippen LogP contribution in [0.5, 0.6) is 0 Å². The summed E-state index contributed by atoms with van der Waals surface area (Å²) in [5, 5.41) is 11.8. The lowest BCUT2D eigenvalue weighted by molar-refractivity contribution is -0.118. The van der Waals surface area contributed by atoms with Crippen molar-refractivity contribution >= 4 is 17.7 Å². The third-order valence-electron chi connectivity index (χ3n) is 2.81. The molecule has 0 fully saturated rings. The predicted molar refractivity (Wildman–Crippen MR) is 81.4 cm³/mol. The first-order valence-corrected chi connectivity index (χ1v) is 7.40. The average Bonchev–Trinajstić information content (AvgIpc) is 2.52. The molecule has 0 bridgehead atoms. The van der Waals surface area contributed by atoms with Crippen LogP contribution in [-0.2, 0) is 17.9 Å². The molecule has 2 aromatic carbocycles. The highest BCUT2D eigenvalue weighted by Crippen LogP contribution is 2.18. The predicted octanol–water partition coefficient (Wildman–Crippen LogP) is 2.59. The Bertz CT molecular complexity index is 540. The molecule has 0 saturated carbocycles. The summed E-state index contributed by atoms with van der Waals surface area (Å²) >= 11 is 1.49. The van der Waals surface area contributed by atoms with Gasteiger partial charge in [0.25, 0.3) is 0 Å². The molecular formula is C16H17NO2S. The van der Waals surface area contributed by atoms with Gasteiger partial charge in [-0.05, 0) is 23.3 Å². The Morgan fingerprint density at radius 2 is 1.70 bits per heavy atom. The maximum Gasteiger partial charge on any atom is 0.230 e. The van der Waals surface area contributed by atoms with Crippen LogP contribution in [-0.4, -0.2) is 16.8 Å². The number of carbonyl (C=O) groups is 1. The van der Waals surface area contributed by atoms with Crippen LogP contribution in [0.15, 0.2) is 59.5 Å². The molecule has 0 aromatic heterocycles. The zero-order valence-electron chi connectivity index (χ0n) is 11.1. The first kappa shape index (κ1) is 14.6. The molecule has 2 rings (SSSR count). The Balaban J connectivity index is 1.74. The minimum Gasteiger partial charge on any atom is -0.392 e. The van der Waals surface area contributed by atoms with Crippen LogP contribution in [0.25, 0.3) is 0 Å². The van der Waals surface area contributed by atoms with Gasteiger partial charge >= 0.3 is 0 Å². The Morgan fingerprint density at radius 3 is 2.35 bits per heavy atom. The second kappa shape index (κ2) is 7.72. The molecule has 0 heterocycles. The van der Waals surface area contributed by atoms with Crippen LogP contribution < -0.4 is 5.32 Å². The number of nitrogens with one attached hydrogen (secondary N) is 1. The van der Waals surface area contributed by atoms with E-state index in [4.69, 9.17) is 5.11 Å². The number of rotatable bonds is 6. The van der Waals surface area contributed by atoms with Crippen LogP contribution in [0.1, 0.15) is 11.1 Å². The van der Waals surface area contributed by atoms with E-state index in [2.05, 4.69) is 5.32 Å². The van der Waals surface area contributed by atoms with E-state index in [1.165, 1.54) is 11.8 Å². The fourth-order valence-corrected chi connectivity index (χ4v) is 2.42. The van der Waals surface area contributed by atoms with Crippen molar-refractivity contribution in [2.24, 2.45) is 0 Å².